The van der Waals surface area contributed by atoms with Gasteiger partial charge in [0.15, 0.2) is 0 Å². The van der Waals surface area contributed by atoms with Crippen molar-refractivity contribution >= 4 is 5.91 Å². The summed E-state index contributed by atoms with van der Waals surface area (Å²) >= 11 is 0. The fourth-order valence-electron chi connectivity index (χ4n) is 3.24. The van der Waals surface area contributed by atoms with Gasteiger partial charge in [0.1, 0.15) is 17.8 Å². The maximum Gasteiger partial charge on any atom is 0.254 e. The zero-order valence-electron chi connectivity index (χ0n) is 13.6. The van der Waals surface area contributed by atoms with Crippen molar-refractivity contribution in [2.24, 2.45) is 0 Å². The van der Waals surface area contributed by atoms with Crippen LogP contribution in [-0.4, -0.2) is 50.2 Å². The minimum absolute atomic E-state index is 0.0432. The first-order valence-electron chi connectivity index (χ1n) is 7.86. The Morgan fingerprint density at radius 1 is 1.26 bits per heavy atom. The molecule has 7 heteroatoms. The molecule has 7 nitrogen and oxygen atoms in total. The van der Waals surface area contributed by atoms with Gasteiger partial charge < -0.3 is 9.64 Å². The molecule has 2 atom stereocenters. The molecule has 0 unspecified atom stereocenters. The molecule has 23 heavy (non-hydrogen) atoms. The van der Waals surface area contributed by atoms with Crippen LogP contribution in [0.5, 0.6) is 5.75 Å². The average Bonchev–Trinajstić information content (AvgIpc) is 3.08. The van der Waals surface area contributed by atoms with Crippen molar-refractivity contribution in [3.05, 3.63) is 30.1 Å². The number of nitrogens with zero attached hydrogens (tertiary/aromatic N) is 5. The van der Waals surface area contributed by atoms with E-state index < -0.39 is 0 Å². The van der Waals surface area contributed by atoms with Gasteiger partial charge in [-0.3, -0.25) is 4.79 Å². The maximum atomic E-state index is 13.0. The molecule has 0 spiro atoms. The molecule has 122 valence electrons. The summed E-state index contributed by atoms with van der Waals surface area (Å²) in [6.07, 6.45) is 4.75. The highest BCUT2D eigenvalue weighted by Gasteiger charge is 2.30. The van der Waals surface area contributed by atoms with Crippen LogP contribution in [0.3, 0.4) is 0 Å². The van der Waals surface area contributed by atoms with Crippen molar-refractivity contribution in [3.63, 3.8) is 0 Å². The van der Waals surface area contributed by atoms with Crippen molar-refractivity contribution in [2.45, 2.75) is 45.2 Å². The number of carbonyl (C=O) groups excluding carboxylic acids is 1. The fourth-order valence-corrected chi connectivity index (χ4v) is 3.24. The molecule has 2 aromatic rings. The number of hydrogen-bond donors (Lipinski definition) is 0. The molecule has 0 aliphatic carbocycles. The summed E-state index contributed by atoms with van der Waals surface area (Å²) in [4.78, 5) is 14.9. The molecule has 1 aromatic carbocycles. The summed E-state index contributed by atoms with van der Waals surface area (Å²) in [7, 11) is 1.58. The van der Waals surface area contributed by atoms with Crippen LogP contribution in [0.1, 0.15) is 43.5 Å². The Morgan fingerprint density at radius 3 is 2.61 bits per heavy atom. The molecule has 0 bridgehead atoms. The number of piperidine rings is 1. The summed E-state index contributed by atoms with van der Waals surface area (Å²) in [5.74, 6) is 0.662. The number of ether oxygens (including phenoxy) is 1. The number of hydrogen-bond acceptors (Lipinski definition) is 5. The molecule has 0 saturated carbocycles. The molecule has 1 saturated heterocycles. The van der Waals surface area contributed by atoms with Crippen LogP contribution in [-0.2, 0) is 0 Å². The normalized spacial score (nSPS) is 21.3. The molecule has 1 fully saturated rings. The summed E-state index contributed by atoms with van der Waals surface area (Å²) in [5.41, 5.74) is 1.28. The van der Waals surface area contributed by atoms with Crippen LogP contribution in [0.2, 0.25) is 0 Å². The lowest BCUT2D eigenvalue weighted by Crippen LogP contribution is -2.47. The van der Waals surface area contributed by atoms with Crippen LogP contribution < -0.4 is 4.74 Å². The van der Waals surface area contributed by atoms with E-state index in [-0.39, 0.29) is 18.0 Å². The predicted octanol–water partition coefficient (Wildman–Crippen LogP) is 2.07. The molecule has 0 N–H and O–H groups in total. The SMILES string of the molecule is COc1ccc(C(=O)N2[C@H](C)CCC[C@@H]2C)cc1-n1cnnn1. The Hall–Kier alpha value is -2.44. The third-order valence-electron chi connectivity index (χ3n) is 4.45. The number of tetrazole rings is 1. The zero-order valence-corrected chi connectivity index (χ0v) is 13.6. The second-order valence-corrected chi connectivity index (χ2v) is 5.98. The Labute approximate surface area is 135 Å². The molecular formula is C16H21N5O2. The van der Waals surface area contributed by atoms with Crippen molar-refractivity contribution < 1.29 is 9.53 Å². The van der Waals surface area contributed by atoms with Crippen LogP contribution in [0.15, 0.2) is 24.5 Å². The number of amides is 1. The van der Waals surface area contributed by atoms with Gasteiger partial charge in [0.25, 0.3) is 5.91 Å². The van der Waals surface area contributed by atoms with Crippen molar-refractivity contribution in [1.82, 2.24) is 25.1 Å². The molecule has 2 heterocycles. The monoisotopic (exact) mass is 315 g/mol. The molecule has 1 amide bonds. The van der Waals surface area contributed by atoms with E-state index in [0.717, 1.165) is 12.8 Å². The Bertz CT molecular complexity index is 676. The fraction of sp³-hybridized carbons (Fsp3) is 0.500. The van der Waals surface area contributed by atoms with E-state index in [1.54, 1.807) is 25.3 Å². The van der Waals surface area contributed by atoms with E-state index in [2.05, 4.69) is 29.4 Å². The van der Waals surface area contributed by atoms with Gasteiger partial charge in [-0.25, -0.2) is 0 Å². The average molecular weight is 315 g/mol. The number of likely N-dealkylation sites (tertiary alicyclic amines) is 1. The van der Waals surface area contributed by atoms with Crippen molar-refractivity contribution in [3.8, 4) is 11.4 Å². The smallest absolute Gasteiger partial charge is 0.254 e. The van der Waals surface area contributed by atoms with Gasteiger partial charge in [-0.05, 0) is 61.7 Å². The first kappa shape index (κ1) is 15.5. The molecule has 0 radical (unpaired) electrons. The van der Waals surface area contributed by atoms with Gasteiger partial charge >= 0.3 is 0 Å². The Balaban J connectivity index is 1.97. The topological polar surface area (TPSA) is 73.1 Å². The largest absolute Gasteiger partial charge is 0.494 e. The lowest BCUT2D eigenvalue weighted by molar-refractivity contribution is 0.0510. The van der Waals surface area contributed by atoms with Gasteiger partial charge in [0, 0.05) is 17.6 Å². The maximum absolute atomic E-state index is 13.0. The highest BCUT2D eigenvalue weighted by Crippen LogP contribution is 2.28. The quantitative estimate of drug-likeness (QED) is 0.867. The van der Waals surface area contributed by atoms with Crippen LogP contribution in [0.4, 0.5) is 0 Å². The number of aromatic nitrogens is 4. The van der Waals surface area contributed by atoms with Gasteiger partial charge in [0.2, 0.25) is 0 Å². The van der Waals surface area contributed by atoms with Gasteiger partial charge in [0.05, 0.1) is 7.11 Å². The second kappa shape index (κ2) is 6.36. The third-order valence-corrected chi connectivity index (χ3v) is 4.45. The number of benzene rings is 1. The standard InChI is InChI=1S/C16H21N5O2/c1-11-5-4-6-12(2)21(11)16(22)13-7-8-15(23-3)14(9-13)20-10-17-18-19-20/h7-12H,4-6H2,1-3H3/t11-,12+. The van der Waals surface area contributed by atoms with E-state index in [0.29, 0.717) is 17.0 Å². The summed E-state index contributed by atoms with van der Waals surface area (Å²) in [6, 6.07) is 5.87. The zero-order chi connectivity index (χ0) is 16.4. The third kappa shape index (κ3) is 2.91. The molecule has 3 rings (SSSR count). The van der Waals surface area contributed by atoms with E-state index >= 15 is 0 Å². The van der Waals surface area contributed by atoms with E-state index in [1.165, 1.54) is 17.4 Å². The number of methoxy groups -OCH3 is 1. The van der Waals surface area contributed by atoms with Crippen LogP contribution in [0, 0.1) is 0 Å². The first-order valence-corrected chi connectivity index (χ1v) is 7.86. The summed E-state index contributed by atoms with van der Waals surface area (Å²) in [6.45, 7) is 4.22. The molecular weight excluding hydrogens is 294 g/mol. The highest BCUT2D eigenvalue weighted by atomic mass is 16.5. The summed E-state index contributed by atoms with van der Waals surface area (Å²) in [5, 5.41) is 11.2. The Morgan fingerprint density at radius 2 is 2.00 bits per heavy atom. The highest BCUT2D eigenvalue weighted by molar-refractivity contribution is 5.95. The predicted molar refractivity (Wildman–Crippen MR) is 84.7 cm³/mol. The van der Waals surface area contributed by atoms with Crippen LogP contribution in [0.25, 0.3) is 5.69 Å². The van der Waals surface area contributed by atoms with E-state index in [1.807, 2.05) is 4.90 Å². The second-order valence-electron chi connectivity index (χ2n) is 5.98. The number of carbonyl (C=O) groups is 1. The van der Waals surface area contributed by atoms with Gasteiger partial charge in [-0.1, -0.05) is 0 Å². The first-order chi connectivity index (χ1) is 11.1. The van der Waals surface area contributed by atoms with Crippen molar-refractivity contribution in [2.75, 3.05) is 7.11 Å². The van der Waals surface area contributed by atoms with E-state index in [4.69, 9.17) is 4.74 Å². The summed E-state index contributed by atoms with van der Waals surface area (Å²) < 4.78 is 6.85. The van der Waals surface area contributed by atoms with Crippen molar-refractivity contribution in [1.29, 1.82) is 0 Å². The Kier molecular flexibility index (Phi) is 4.27. The van der Waals surface area contributed by atoms with Crippen LogP contribution >= 0.6 is 0 Å². The minimum Gasteiger partial charge on any atom is -0.494 e. The minimum atomic E-state index is 0.0432. The molecule has 1 aliphatic heterocycles. The molecule has 1 aromatic heterocycles. The molecule has 1 aliphatic rings. The lowest BCUT2D eigenvalue weighted by atomic mass is 9.96. The van der Waals surface area contributed by atoms with E-state index in [9.17, 15) is 4.79 Å². The number of rotatable bonds is 3. The lowest BCUT2D eigenvalue weighted by Gasteiger charge is -2.39. The van der Waals surface area contributed by atoms with Gasteiger partial charge in [-0.2, -0.15) is 4.68 Å². The van der Waals surface area contributed by atoms with Gasteiger partial charge in [-0.15, -0.1) is 5.10 Å².